The number of rotatable bonds is 4. The van der Waals surface area contributed by atoms with Gasteiger partial charge in [-0.05, 0) is 42.3 Å². The summed E-state index contributed by atoms with van der Waals surface area (Å²) >= 11 is 6.60. The minimum atomic E-state index is 0.150. The zero-order valence-electron chi connectivity index (χ0n) is 10.2. The van der Waals surface area contributed by atoms with E-state index in [4.69, 9.17) is 18.0 Å². The number of thiophene rings is 1. The van der Waals surface area contributed by atoms with Gasteiger partial charge >= 0.3 is 0 Å². The van der Waals surface area contributed by atoms with Crippen LogP contribution in [0.5, 0.6) is 0 Å². The van der Waals surface area contributed by atoms with Crippen molar-refractivity contribution in [1.82, 2.24) is 9.97 Å². The van der Waals surface area contributed by atoms with Crippen LogP contribution in [-0.2, 0) is 0 Å². The summed E-state index contributed by atoms with van der Waals surface area (Å²) in [6.45, 7) is 3.96. The molecule has 0 radical (unpaired) electrons. The van der Waals surface area contributed by atoms with Crippen molar-refractivity contribution in [2.45, 2.75) is 19.9 Å². The minimum absolute atomic E-state index is 0.150. The second-order valence-electron chi connectivity index (χ2n) is 4.01. The van der Waals surface area contributed by atoms with Gasteiger partial charge in [0.05, 0.1) is 6.04 Å². The molecule has 2 aromatic rings. The highest BCUT2D eigenvalue weighted by atomic mass is 32.1. The Labute approximate surface area is 115 Å². The zero-order chi connectivity index (χ0) is 13.1. The summed E-state index contributed by atoms with van der Waals surface area (Å²) in [4.78, 5) is 8.91. The molecule has 4 nitrogen and oxygen atoms in total. The first-order valence-electron chi connectivity index (χ1n) is 5.50. The number of nitrogens with two attached hydrogens (primary N) is 1. The van der Waals surface area contributed by atoms with Crippen molar-refractivity contribution in [3.05, 3.63) is 39.8 Å². The van der Waals surface area contributed by atoms with Gasteiger partial charge in [0, 0.05) is 5.69 Å². The Morgan fingerprint density at radius 2 is 2.28 bits per heavy atom. The van der Waals surface area contributed by atoms with Crippen LogP contribution in [0.4, 0.5) is 5.95 Å². The number of nitrogens with zero attached hydrogens (tertiary/aromatic N) is 2. The highest BCUT2D eigenvalue weighted by Crippen LogP contribution is 2.19. The van der Waals surface area contributed by atoms with Crippen LogP contribution in [0.15, 0.2) is 22.9 Å². The zero-order valence-corrected chi connectivity index (χ0v) is 11.8. The summed E-state index contributed by atoms with van der Waals surface area (Å²) in [6, 6.07) is 4.01. The number of nitrogens with one attached hydrogen (secondary N) is 1. The smallest absolute Gasteiger partial charge is 0.224 e. The van der Waals surface area contributed by atoms with Gasteiger partial charge in [-0.25, -0.2) is 9.97 Å². The molecule has 3 N–H and O–H groups in total. The van der Waals surface area contributed by atoms with Crippen LogP contribution in [-0.4, -0.2) is 15.0 Å². The molecule has 0 fully saturated rings. The molecule has 94 valence electrons. The van der Waals surface area contributed by atoms with E-state index in [0.717, 1.165) is 5.69 Å². The van der Waals surface area contributed by atoms with E-state index >= 15 is 0 Å². The van der Waals surface area contributed by atoms with E-state index in [1.807, 2.05) is 12.3 Å². The van der Waals surface area contributed by atoms with Crippen LogP contribution in [0.3, 0.4) is 0 Å². The van der Waals surface area contributed by atoms with E-state index in [9.17, 15) is 0 Å². The van der Waals surface area contributed by atoms with Gasteiger partial charge < -0.3 is 11.1 Å². The SMILES string of the molecule is Cc1cc(C(N)=S)nc(NC(C)c2ccsc2)n1. The fraction of sp³-hybridized carbons (Fsp3) is 0.250. The van der Waals surface area contributed by atoms with E-state index in [2.05, 4.69) is 33.7 Å². The van der Waals surface area contributed by atoms with Crippen LogP contribution >= 0.6 is 23.6 Å². The lowest BCUT2D eigenvalue weighted by molar-refractivity contribution is 0.860. The molecular formula is C12H14N4S2. The summed E-state index contributed by atoms with van der Waals surface area (Å²) < 4.78 is 0. The van der Waals surface area contributed by atoms with Gasteiger partial charge in [-0.2, -0.15) is 11.3 Å². The fourth-order valence-corrected chi connectivity index (χ4v) is 2.42. The first-order valence-corrected chi connectivity index (χ1v) is 6.85. The number of aryl methyl sites for hydroxylation is 1. The minimum Gasteiger partial charge on any atom is -0.388 e. The fourth-order valence-electron chi connectivity index (χ4n) is 1.56. The van der Waals surface area contributed by atoms with E-state index < -0.39 is 0 Å². The van der Waals surface area contributed by atoms with Crippen LogP contribution in [0.2, 0.25) is 0 Å². The Bertz CT molecular complexity index is 551. The van der Waals surface area contributed by atoms with Crippen molar-refractivity contribution < 1.29 is 0 Å². The van der Waals surface area contributed by atoms with Crippen molar-refractivity contribution in [3.8, 4) is 0 Å². The summed E-state index contributed by atoms with van der Waals surface area (Å²) in [6.07, 6.45) is 0. The number of anilines is 1. The van der Waals surface area contributed by atoms with Crippen molar-refractivity contribution in [2.24, 2.45) is 5.73 Å². The van der Waals surface area contributed by atoms with Crippen LogP contribution in [0.25, 0.3) is 0 Å². The largest absolute Gasteiger partial charge is 0.388 e. The van der Waals surface area contributed by atoms with Gasteiger partial charge in [-0.1, -0.05) is 12.2 Å². The highest BCUT2D eigenvalue weighted by molar-refractivity contribution is 7.80. The molecular weight excluding hydrogens is 264 g/mol. The molecule has 18 heavy (non-hydrogen) atoms. The van der Waals surface area contributed by atoms with Crippen LogP contribution in [0, 0.1) is 6.92 Å². The van der Waals surface area contributed by atoms with Gasteiger partial charge in [0.15, 0.2) is 0 Å². The van der Waals surface area contributed by atoms with Crippen molar-refractivity contribution >= 4 is 34.5 Å². The predicted molar refractivity (Wildman–Crippen MR) is 79.0 cm³/mol. The average Bonchev–Trinajstić information content (AvgIpc) is 2.81. The highest BCUT2D eigenvalue weighted by Gasteiger charge is 2.09. The van der Waals surface area contributed by atoms with E-state index in [1.54, 1.807) is 17.4 Å². The monoisotopic (exact) mass is 278 g/mol. The van der Waals surface area contributed by atoms with Gasteiger partial charge in [0.2, 0.25) is 5.95 Å². The van der Waals surface area contributed by atoms with Crippen LogP contribution in [0.1, 0.15) is 29.9 Å². The molecule has 6 heteroatoms. The predicted octanol–water partition coefficient (Wildman–Crippen LogP) is 2.65. The van der Waals surface area contributed by atoms with E-state index in [-0.39, 0.29) is 11.0 Å². The van der Waals surface area contributed by atoms with Gasteiger partial charge in [-0.3, -0.25) is 0 Å². The molecule has 0 aliphatic heterocycles. The number of hydrogen-bond donors (Lipinski definition) is 2. The second-order valence-corrected chi connectivity index (χ2v) is 5.22. The van der Waals surface area contributed by atoms with Crippen molar-refractivity contribution in [1.29, 1.82) is 0 Å². The second kappa shape index (κ2) is 5.41. The maximum Gasteiger partial charge on any atom is 0.224 e. The first-order chi connectivity index (χ1) is 8.56. The van der Waals surface area contributed by atoms with Gasteiger partial charge in [0.1, 0.15) is 10.7 Å². The molecule has 1 unspecified atom stereocenters. The maximum absolute atomic E-state index is 5.59. The van der Waals surface area contributed by atoms with Crippen molar-refractivity contribution in [2.75, 3.05) is 5.32 Å². The average molecular weight is 278 g/mol. The van der Waals surface area contributed by atoms with E-state index in [0.29, 0.717) is 11.6 Å². The quantitative estimate of drug-likeness (QED) is 0.842. The van der Waals surface area contributed by atoms with Crippen molar-refractivity contribution in [3.63, 3.8) is 0 Å². The molecule has 2 heterocycles. The lowest BCUT2D eigenvalue weighted by atomic mass is 10.2. The molecule has 0 aliphatic carbocycles. The third-order valence-corrected chi connectivity index (χ3v) is 3.41. The van der Waals surface area contributed by atoms with Gasteiger partial charge in [0.25, 0.3) is 0 Å². The Balaban J connectivity index is 2.21. The summed E-state index contributed by atoms with van der Waals surface area (Å²) in [7, 11) is 0. The Morgan fingerprint density at radius 1 is 1.50 bits per heavy atom. The summed E-state index contributed by atoms with van der Waals surface area (Å²) in [5, 5.41) is 7.40. The van der Waals surface area contributed by atoms with Crippen LogP contribution < -0.4 is 11.1 Å². The normalized spacial score (nSPS) is 12.1. The lowest BCUT2D eigenvalue weighted by Crippen LogP contribution is -2.16. The molecule has 2 rings (SSSR count). The molecule has 0 saturated carbocycles. The Morgan fingerprint density at radius 3 is 2.89 bits per heavy atom. The molecule has 0 aromatic carbocycles. The standard InChI is InChI=1S/C12H14N4S2/c1-7-5-10(11(13)17)16-12(14-7)15-8(2)9-3-4-18-6-9/h3-6,8H,1-2H3,(H2,13,17)(H,14,15,16). The third kappa shape index (κ3) is 3.02. The summed E-state index contributed by atoms with van der Waals surface area (Å²) in [5.41, 5.74) is 8.24. The molecule has 0 aliphatic rings. The van der Waals surface area contributed by atoms with E-state index in [1.165, 1.54) is 5.56 Å². The van der Waals surface area contributed by atoms with Gasteiger partial charge in [-0.15, -0.1) is 0 Å². The molecule has 0 bridgehead atoms. The molecule has 1 atom stereocenters. The Hall–Kier alpha value is -1.53. The molecule has 0 amide bonds. The maximum atomic E-state index is 5.59. The third-order valence-electron chi connectivity index (χ3n) is 2.50. The molecule has 2 aromatic heterocycles. The molecule has 0 spiro atoms. The first kappa shape index (κ1) is 12.9. The number of thiocarbonyl (C=S) groups is 1. The lowest BCUT2D eigenvalue weighted by Gasteiger charge is -2.13. The Kier molecular flexibility index (Phi) is 3.88. The number of hydrogen-bond acceptors (Lipinski definition) is 5. The molecule has 0 saturated heterocycles. The summed E-state index contributed by atoms with van der Waals surface area (Å²) in [5.74, 6) is 0.552. The number of aromatic nitrogens is 2. The topological polar surface area (TPSA) is 63.8 Å².